The minimum absolute atomic E-state index is 0.191. The second-order valence-electron chi connectivity index (χ2n) is 4.86. The molecule has 20 heavy (non-hydrogen) atoms. The summed E-state index contributed by atoms with van der Waals surface area (Å²) in [6, 6.07) is 14.8. The molecule has 2 N–H and O–H groups in total. The summed E-state index contributed by atoms with van der Waals surface area (Å²) < 4.78 is 0. The molecular formula is C17H18O3. The zero-order valence-electron chi connectivity index (χ0n) is 11.4. The molecule has 0 aliphatic carbocycles. The first-order valence-corrected chi connectivity index (χ1v) is 6.72. The molecule has 2 rings (SSSR count). The van der Waals surface area contributed by atoms with E-state index in [4.69, 9.17) is 0 Å². The van der Waals surface area contributed by atoms with Crippen molar-refractivity contribution in [1.82, 2.24) is 0 Å². The Kier molecular flexibility index (Phi) is 4.41. The van der Waals surface area contributed by atoms with Crippen molar-refractivity contribution in [3.8, 4) is 16.9 Å². The monoisotopic (exact) mass is 270 g/mol. The van der Waals surface area contributed by atoms with E-state index in [0.29, 0.717) is 12.8 Å². The van der Waals surface area contributed by atoms with E-state index in [9.17, 15) is 15.0 Å². The van der Waals surface area contributed by atoms with Crippen LogP contribution in [0.3, 0.4) is 0 Å². The summed E-state index contributed by atoms with van der Waals surface area (Å²) in [5, 5.41) is 18.9. The predicted octanol–water partition coefficient (Wildman–Crippen LogP) is 3.71. The minimum atomic E-state index is -0.778. The molecule has 0 spiro atoms. The van der Waals surface area contributed by atoms with Gasteiger partial charge in [0.1, 0.15) is 5.75 Å². The van der Waals surface area contributed by atoms with Gasteiger partial charge in [-0.25, -0.2) is 0 Å². The number of rotatable bonds is 5. The maximum Gasteiger partial charge on any atom is 0.306 e. The maximum atomic E-state index is 11.2. The van der Waals surface area contributed by atoms with Crippen molar-refractivity contribution >= 4 is 5.97 Å². The standard InChI is InChI=1S/C17H18O3/c1-2-12(17(19)20)10-14-8-9-15(18)11-16(14)13-6-4-3-5-7-13/h3-9,11-12,18H,2,10H2,1H3,(H,19,20). The summed E-state index contributed by atoms with van der Waals surface area (Å²) in [4.78, 5) is 11.2. The first-order chi connectivity index (χ1) is 9.61. The third-order valence-electron chi connectivity index (χ3n) is 3.49. The van der Waals surface area contributed by atoms with E-state index in [1.165, 1.54) is 0 Å². The number of aliphatic carboxylic acids is 1. The molecule has 0 aliphatic rings. The van der Waals surface area contributed by atoms with E-state index in [1.54, 1.807) is 12.1 Å². The molecule has 2 aromatic carbocycles. The van der Waals surface area contributed by atoms with Crippen LogP contribution in [0.5, 0.6) is 5.75 Å². The number of phenols is 1. The number of benzene rings is 2. The Labute approximate surface area is 118 Å². The van der Waals surface area contributed by atoms with Crippen LogP contribution in [0.25, 0.3) is 11.1 Å². The van der Waals surface area contributed by atoms with Crippen LogP contribution in [-0.2, 0) is 11.2 Å². The molecule has 104 valence electrons. The number of aromatic hydroxyl groups is 1. The fourth-order valence-electron chi connectivity index (χ4n) is 2.30. The SMILES string of the molecule is CCC(Cc1ccc(O)cc1-c1ccccc1)C(=O)O. The Morgan fingerprint density at radius 3 is 2.45 bits per heavy atom. The van der Waals surface area contributed by atoms with Crippen LogP contribution in [0.1, 0.15) is 18.9 Å². The van der Waals surface area contributed by atoms with Gasteiger partial charge in [-0.15, -0.1) is 0 Å². The lowest BCUT2D eigenvalue weighted by atomic mass is 9.91. The normalized spacial score (nSPS) is 12.1. The third-order valence-corrected chi connectivity index (χ3v) is 3.49. The van der Waals surface area contributed by atoms with E-state index >= 15 is 0 Å². The molecule has 3 heteroatoms. The molecule has 0 saturated carbocycles. The van der Waals surface area contributed by atoms with Crippen LogP contribution in [0.2, 0.25) is 0 Å². The van der Waals surface area contributed by atoms with Gasteiger partial charge < -0.3 is 10.2 Å². The number of carboxylic acids is 1. The Balaban J connectivity index is 2.41. The molecule has 0 bridgehead atoms. The molecule has 0 radical (unpaired) electrons. The van der Waals surface area contributed by atoms with Crippen molar-refractivity contribution in [3.63, 3.8) is 0 Å². The summed E-state index contributed by atoms with van der Waals surface area (Å²) in [7, 11) is 0. The molecule has 1 unspecified atom stereocenters. The van der Waals surface area contributed by atoms with Crippen molar-refractivity contribution in [1.29, 1.82) is 0 Å². The van der Waals surface area contributed by atoms with Crippen LogP contribution in [-0.4, -0.2) is 16.2 Å². The van der Waals surface area contributed by atoms with Gasteiger partial charge in [-0.3, -0.25) is 4.79 Å². The molecule has 0 heterocycles. The highest BCUT2D eigenvalue weighted by Crippen LogP contribution is 2.29. The van der Waals surface area contributed by atoms with E-state index in [0.717, 1.165) is 16.7 Å². The predicted molar refractivity (Wildman–Crippen MR) is 78.7 cm³/mol. The lowest BCUT2D eigenvalue weighted by molar-refractivity contribution is -0.141. The first-order valence-electron chi connectivity index (χ1n) is 6.72. The van der Waals surface area contributed by atoms with Crippen molar-refractivity contribution in [3.05, 3.63) is 54.1 Å². The van der Waals surface area contributed by atoms with E-state index in [-0.39, 0.29) is 5.75 Å². The molecule has 0 saturated heterocycles. The smallest absolute Gasteiger partial charge is 0.306 e. The van der Waals surface area contributed by atoms with Crippen LogP contribution < -0.4 is 0 Å². The van der Waals surface area contributed by atoms with Gasteiger partial charge in [0.25, 0.3) is 0 Å². The molecule has 0 aromatic heterocycles. The number of phenolic OH excluding ortho intramolecular Hbond substituents is 1. The van der Waals surface area contributed by atoms with Gasteiger partial charge in [0, 0.05) is 0 Å². The second-order valence-corrected chi connectivity index (χ2v) is 4.86. The van der Waals surface area contributed by atoms with Crippen molar-refractivity contribution < 1.29 is 15.0 Å². The fourth-order valence-corrected chi connectivity index (χ4v) is 2.30. The fraction of sp³-hybridized carbons (Fsp3) is 0.235. The Morgan fingerprint density at radius 1 is 1.15 bits per heavy atom. The van der Waals surface area contributed by atoms with Gasteiger partial charge in [0.2, 0.25) is 0 Å². The Morgan fingerprint density at radius 2 is 1.85 bits per heavy atom. The van der Waals surface area contributed by atoms with Crippen LogP contribution >= 0.6 is 0 Å². The largest absolute Gasteiger partial charge is 0.508 e. The van der Waals surface area contributed by atoms with Crippen LogP contribution in [0, 0.1) is 5.92 Å². The van der Waals surface area contributed by atoms with Gasteiger partial charge in [0.05, 0.1) is 5.92 Å². The zero-order chi connectivity index (χ0) is 14.5. The topological polar surface area (TPSA) is 57.5 Å². The number of hydrogen-bond acceptors (Lipinski definition) is 2. The summed E-state index contributed by atoms with van der Waals surface area (Å²) in [5.41, 5.74) is 2.83. The summed E-state index contributed by atoms with van der Waals surface area (Å²) >= 11 is 0. The molecule has 3 nitrogen and oxygen atoms in total. The maximum absolute atomic E-state index is 11.2. The average Bonchev–Trinajstić information content (AvgIpc) is 2.46. The number of carbonyl (C=O) groups is 1. The lowest BCUT2D eigenvalue weighted by Crippen LogP contribution is -2.15. The minimum Gasteiger partial charge on any atom is -0.508 e. The quantitative estimate of drug-likeness (QED) is 0.870. The number of carboxylic acid groups (broad SMARTS) is 1. The average molecular weight is 270 g/mol. The molecular weight excluding hydrogens is 252 g/mol. The number of hydrogen-bond donors (Lipinski definition) is 2. The Hall–Kier alpha value is -2.29. The zero-order valence-corrected chi connectivity index (χ0v) is 11.4. The second kappa shape index (κ2) is 6.24. The van der Waals surface area contributed by atoms with Crippen LogP contribution in [0.4, 0.5) is 0 Å². The highest BCUT2D eigenvalue weighted by atomic mass is 16.4. The van der Waals surface area contributed by atoms with Crippen molar-refractivity contribution in [2.45, 2.75) is 19.8 Å². The molecule has 0 amide bonds. The lowest BCUT2D eigenvalue weighted by Gasteiger charge is -2.14. The molecule has 0 fully saturated rings. The van der Waals surface area contributed by atoms with E-state index < -0.39 is 11.9 Å². The van der Waals surface area contributed by atoms with Gasteiger partial charge in [-0.2, -0.15) is 0 Å². The third kappa shape index (κ3) is 3.18. The van der Waals surface area contributed by atoms with Crippen LogP contribution in [0.15, 0.2) is 48.5 Å². The summed E-state index contributed by atoms with van der Waals surface area (Å²) in [6.45, 7) is 1.88. The summed E-state index contributed by atoms with van der Waals surface area (Å²) in [6.07, 6.45) is 1.06. The van der Waals surface area contributed by atoms with E-state index in [1.807, 2.05) is 43.3 Å². The van der Waals surface area contributed by atoms with Gasteiger partial charge in [0.15, 0.2) is 0 Å². The van der Waals surface area contributed by atoms with Crippen molar-refractivity contribution in [2.75, 3.05) is 0 Å². The molecule has 1 atom stereocenters. The highest BCUT2D eigenvalue weighted by molar-refractivity contribution is 5.73. The Bertz CT molecular complexity index is 590. The first kappa shape index (κ1) is 14.1. The molecule has 0 aliphatic heterocycles. The molecule has 2 aromatic rings. The van der Waals surface area contributed by atoms with Gasteiger partial charge >= 0.3 is 5.97 Å². The van der Waals surface area contributed by atoms with Gasteiger partial charge in [-0.1, -0.05) is 43.3 Å². The van der Waals surface area contributed by atoms with Crippen molar-refractivity contribution in [2.24, 2.45) is 5.92 Å². The highest BCUT2D eigenvalue weighted by Gasteiger charge is 2.18. The van der Waals surface area contributed by atoms with E-state index in [2.05, 4.69) is 0 Å². The van der Waals surface area contributed by atoms with Gasteiger partial charge in [-0.05, 0) is 41.7 Å². The summed E-state index contributed by atoms with van der Waals surface area (Å²) in [5.74, 6) is -0.988.